The van der Waals surface area contributed by atoms with E-state index in [1.54, 1.807) is 60.9 Å². The van der Waals surface area contributed by atoms with Gasteiger partial charge in [0, 0.05) is 25.2 Å². The van der Waals surface area contributed by atoms with Crippen molar-refractivity contribution in [3.05, 3.63) is 96.8 Å². The monoisotopic (exact) mass is 704 g/mol. The fourth-order valence-corrected chi connectivity index (χ4v) is 4.02. The number of nitrogens with zero attached hydrogens (tertiary/aromatic N) is 10. The van der Waals surface area contributed by atoms with Crippen molar-refractivity contribution >= 4 is 46.8 Å². The number of amidine groups is 2. The normalized spacial score (nSPS) is 11.6. The van der Waals surface area contributed by atoms with Crippen LogP contribution in [0, 0.1) is 0 Å². The average Bonchev–Trinajstić information content (AvgIpc) is 3.18. The van der Waals surface area contributed by atoms with Gasteiger partial charge in [-0.1, -0.05) is 12.1 Å². The second-order valence-corrected chi connectivity index (χ2v) is 10.4. The van der Waals surface area contributed by atoms with Crippen molar-refractivity contribution in [1.82, 2.24) is 51.2 Å². The van der Waals surface area contributed by atoms with Crippen LogP contribution in [0.2, 0.25) is 0 Å². The molecule has 52 heavy (non-hydrogen) atoms. The molecule has 0 radical (unpaired) electrons. The molecule has 0 fully saturated rings. The van der Waals surface area contributed by atoms with Gasteiger partial charge < -0.3 is 20.8 Å². The number of aliphatic carboxylic acids is 2. The van der Waals surface area contributed by atoms with Crippen LogP contribution >= 0.6 is 0 Å². The van der Waals surface area contributed by atoms with Crippen molar-refractivity contribution in [1.29, 1.82) is 0 Å². The number of hydrogen-bond acceptors (Lipinski definition) is 16. The van der Waals surface area contributed by atoms with Gasteiger partial charge in [0.05, 0.1) is 36.6 Å². The average molecular weight is 705 g/mol. The highest BCUT2D eigenvalue weighted by Gasteiger charge is 2.14. The minimum atomic E-state index is -1.03. The zero-order chi connectivity index (χ0) is 36.7. The molecule has 1 aliphatic heterocycles. The molecule has 262 valence electrons. The number of carboxylic acid groups (broad SMARTS) is 2. The van der Waals surface area contributed by atoms with E-state index >= 15 is 0 Å². The molecule has 0 aliphatic carbocycles. The van der Waals surface area contributed by atoms with Crippen LogP contribution in [0.5, 0.6) is 0 Å². The molecule has 0 saturated heterocycles. The lowest BCUT2D eigenvalue weighted by atomic mass is 10.2. The number of anilines is 2. The van der Waals surface area contributed by atoms with E-state index in [2.05, 4.69) is 72.0 Å². The van der Waals surface area contributed by atoms with E-state index < -0.39 is 17.8 Å². The molecule has 6 heterocycles. The maximum Gasteiger partial charge on any atom is 0.303 e. The largest absolute Gasteiger partial charge is 0.481 e. The molecule has 5 aromatic heterocycles. The molecule has 20 heteroatoms. The van der Waals surface area contributed by atoms with Crippen LogP contribution in [0.4, 0.5) is 11.4 Å². The Morgan fingerprint density at radius 1 is 0.519 bits per heavy atom. The van der Waals surface area contributed by atoms with E-state index in [0.29, 0.717) is 51.6 Å². The summed E-state index contributed by atoms with van der Waals surface area (Å²) >= 11 is 0. The van der Waals surface area contributed by atoms with Gasteiger partial charge in [0.15, 0.2) is 11.7 Å². The number of amides is 2. The maximum absolute atomic E-state index is 11.6. The van der Waals surface area contributed by atoms with E-state index in [1.165, 1.54) is 12.4 Å². The minimum Gasteiger partial charge on any atom is -0.481 e. The lowest BCUT2D eigenvalue weighted by Crippen LogP contribution is -2.35. The third-order valence-corrected chi connectivity index (χ3v) is 6.53. The summed E-state index contributed by atoms with van der Waals surface area (Å²) in [5, 5.41) is 46.5. The molecule has 6 N–H and O–H groups in total. The Kier molecular flexibility index (Phi) is 12.1. The number of nitrogens with one attached hydrogen (secondary N) is 4. The molecule has 1 aliphatic rings. The molecule has 20 nitrogen and oxygen atoms in total. The van der Waals surface area contributed by atoms with Gasteiger partial charge in [-0.05, 0) is 48.5 Å². The lowest BCUT2D eigenvalue weighted by Gasteiger charge is -2.14. The Bertz CT molecular complexity index is 2060. The van der Waals surface area contributed by atoms with Gasteiger partial charge in [0.2, 0.25) is 23.5 Å². The first-order valence-corrected chi connectivity index (χ1v) is 15.3. The first-order chi connectivity index (χ1) is 25.2. The van der Waals surface area contributed by atoms with Gasteiger partial charge in [0.1, 0.15) is 22.8 Å². The van der Waals surface area contributed by atoms with E-state index in [4.69, 9.17) is 10.2 Å². The molecule has 0 spiro atoms. The maximum atomic E-state index is 11.6. The summed E-state index contributed by atoms with van der Waals surface area (Å²) in [6.45, 7) is 0. The van der Waals surface area contributed by atoms with Crippen molar-refractivity contribution in [3.8, 4) is 23.0 Å². The van der Waals surface area contributed by atoms with Crippen molar-refractivity contribution in [2.75, 3.05) is 10.6 Å². The number of carboxylic acids is 2. The van der Waals surface area contributed by atoms with Gasteiger partial charge in [-0.25, -0.2) is 0 Å². The van der Waals surface area contributed by atoms with Crippen molar-refractivity contribution in [3.63, 3.8) is 0 Å². The number of aromatic nitrogens is 8. The fourth-order valence-electron chi connectivity index (χ4n) is 4.02. The summed E-state index contributed by atoms with van der Waals surface area (Å²) in [5.41, 5.74) is 8.67. The number of pyridine rings is 4. The summed E-state index contributed by atoms with van der Waals surface area (Å²) in [7, 11) is 0. The van der Waals surface area contributed by atoms with Crippen LogP contribution in [0.15, 0.2) is 95.7 Å². The van der Waals surface area contributed by atoms with Crippen LogP contribution in [-0.4, -0.2) is 86.0 Å². The van der Waals surface area contributed by atoms with E-state index in [0.717, 1.165) is 0 Å². The van der Waals surface area contributed by atoms with Gasteiger partial charge in [-0.3, -0.25) is 50.0 Å². The lowest BCUT2D eigenvalue weighted by molar-refractivity contribution is -0.138. The van der Waals surface area contributed by atoms with E-state index in [9.17, 15) is 19.2 Å². The highest BCUT2D eigenvalue weighted by molar-refractivity contribution is 6.04. The number of rotatable bonds is 12. The molecule has 2 amide bonds. The van der Waals surface area contributed by atoms with Gasteiger partial charge in [-0.2, -0.15) is 10.2 Å². The summed E-state index contributed by atoms with van der Waals surface area (Å²) in [4.78, 5) is 60.7. The van der Waals surface area contributed by atoms with Crippen molar-refractivity contribution in [2.45, 2.75) is 25.7 Å². The number of hydrazone groups is 2. The van der Waals surface area contributed by atoms with Crippen LogP contribution in [0.25, 0.3) is 23.0 Å². The summed E-state index contributed by atoms with van der Waals surface area (Å²) in [6, 6.07) is 17.3. The van der Waals surface area contributed by atoms with E-state index in [-0.39, 0.29) is 37.4 Å². The Morgan fingerprint density at radius 2 is 0.942 bits per heavy atom. The van der Waals surface area contributed by atoms with Gasteiger partial charge in [0.25, 0.3) is 0 Å². The number of hydrogen-bond donors (Lipinski definition) is 6. The second kappa shape index (κ2) is 17.7. The fraction of sp³-hybridized carbons (Fsp3) is 0.125. The van der Waals surface area contributed by atoms with Crippen molar-refractivity contribution < 1.29 is 29.4 Å². The highest BCUT2D eigenvalue weighted by atomic mass is 16.4. The first kappa shape index (κ1) is 35.7. The van der Waals surface area contributed by atoms with Gasteiger partial charge in [-0.15, -0.1) is 20.4 Å². The smallest absolute Gasteiger partial charge is 0.303 e. The summed E-state index contributed by atoms with van der Waals surface area (Å²) < 4.78 is 0. The minimum absolute atomic E-state index is 0.0969. The third-order valence-electron chi connectivity index (χ3n) is 6.53. The second-order valence-electron chi connectivity index (χ2n) is 10.4. The molecule has 0 unspecified atom stereocenters. The summed E-state index contributed by atoms with van der Waals surface area (Å²) in [5.74, 6) is -1.41. The molecular weight excluding hydrogens is 676 g/mol. The predicted molar refractivity (Wildman–Crippen MR) is 183 cm³/mol. The van der Waals surface area contributed by atoms with Crippen LogP contribution in [0.1, 0.15) is 37.1 Å². The van der Waals surface area contributed by atoms with Crippen LogP contribution in [0.3, 0.4) is 0 Å². The molecule has 0 saturated carbocycles. The van der Waals surface area contributed by atoms with Crippen molar-refractivity contribution in [2.24, 2.45) is 10.2 Å². The SMILES string of the molecule is O=C(O)CCC(=O)Nc1ccc(-c2nnc(-c3ccccn3)nn2)nc1.O=C(O)CCC(=O)Nc1ccc(C2=NNC(c3ccccn3)=NN2)nc1. The molecule has 0 bridgehead atoms. The molecule has 6 rings (SSSR count). The predicted octanol–water partition coefficient (Wildman–Crippen LogP) is 1.69. The van der Waals surface area contributed by atoms with Crippen LogP contribution in [-0.2, 0) is 19.2 Å². The zero-order valence-electron chi connectivity index (χ0n) is 26.9. The quantitative estimate of drug-likeness (QED) is 0.108. The third kappa shape index (κ3) is 10.7. The highest BCUT2D eigenvalue weighted by Crippen LogP contribution is 2.15. The standard InChI is InChI=1S/C16H15N7O3.C16H13N7O3/c2*24-13(6-7-14(25)26)19-10-4-5-12(18-9-10)16-22-20-15(21-23-16)11-3-1-2-8-17-11/h1-5,8-9H,6-7H2,(H,19,24)(H,20,21)(H,22,23)(H,25,26);1-5,8-9H,6-7H2,(H,19,24)(H,25,26). The van der Waals surface area contributed by atoms with Gasteiger partial charge >= 0.3 is 11.9 Å². The molecular formula is C32H28N14O6. The molecule has 0 atom stereocenters. The Balaban J connectivity index is 0.000000201. The van der Waals surface area contributed by atoms with E-state index in [1.807, 2.05) is 12.1 Å². The number of carbonyl (C=O) groups excluding carboxylic acids is 2. The Hall–Kier alpha value is -7.64. The Labute approximate surface area is 293 Å². The number of carbonyl (C=O) groups is 4. The topological polar surface area (TPSA) is 285 Å². The zero-order valence-corrected chi connectivity index (χ0v) is 26.9. The summed E-state index contributed by atoms with van der Waals surface area (Å²) in [6.07, 6.45) is 5.50. The Morgan fingerprint density at radius 3 is 1.33 bits per heavy atom. The van der Waals surface area contributed by atoms with Crippen LogP contribution < -0.4 is 21.5 Å². The molecule has 0 aromatic carbocycles. The molecule has 5 aromatic rings. The first-order valence-electron chi connectivity index (χ1n) is 15.3.